The van der Waals surface area contributed by atoms with E-state index in [1.165, 1.54) is 6.07 Å². The van der Waals surface area contributed by atoms with Gasteiger partial charge in [-0.25, -0.2) is 13.8 Å². The van der Waals surface area contributed by atoms with E-state index in [0.29, 0.717) is 25.1 Å². The zero-order valence-electron chi connectivity index (χ0n) is 21.2. The lowest BCUT2D eigenvalue weighted by Crippen LogP contribution is -2.16. The molecule has 0 bridgehead atoms. The molecule has 2 aromatic carbocycles. The molecule has 1 aliphatic carbocycles. The van der Waals surface area contributed by atoms with E-state index in [1.807, 2.05) is 0 Å². The van der Waals surface area contributed by atoms with Crippen LogP contribution in [0, 0.1) is 17.6 Å². The van der Waals surface area contributed by atoms with E-state index >= 15 is 0 Å². The van der Waals surface area contributed by atoms with Gasteiger partial charge in [-0.05, 0) is 60.6 Å². The van der Waals surface area contributed by atoms with Gasteiger partial charge in [0.2, 0.25) is 5.88 Å². The molecule has 12 heteroatoms. The van der Waals surface area contributed by atoms with E-state index in [4.69, 9.17) is 16.3 Å². The molecule has 1 aromatic heterocycles. The molecule has 1 aliphatic rings. The number of carbonyl (C=O) groups excluding carboxylic acids is 1. The topological polar surface area (TPSA) is 113 Å². The molecule has 4 rings (SSSR count). The highest BCUT2D eigenvalue weighted by atomic mass is 19.4. The number of nitrogens with zero attached hydrogens (tertiary/aromatic N) is 2. The van der Waals surface area contributed by atoms with Crippen LogP contribution in [0.25, 0.3) is 11.1 Å². The first-order valence-corrected chi connectivity index (χ1v) is 11.9. The standard InChI is InChI=1S/C24H21F5N4O.C3H6O2/c1-12-4-14-8-22(32-10-15(14)5-12)34-11-16-6-18(19(9-20(16)25)24(27,28)29)17-3-2-13(7-21(17)26)23(30)33-31;1-2-5-3-4/h2-3,6-10,12H,4-5,11,31H2,1H3,(H2,30,33);3H,2H2,1H3. The molecule has 0 radical (unpaired) electrons. The second-order valence-corrected chi connectivity index (χ2v) is 8.84. The highest BCUT2D eigenvalue weighted by molar-refractivity contribution is 5.97. The van der Waals surface area contributed by atoms with Crippen LogP contribution in [0.3, 0.4) is 0 Å². The number of pyridine rings is 1. The zero-order chi connectivity index (χ0) is 28.7. The minimum absolute atomic E-state index is 0.0972. The van der Waals surface area contributed by atoms with Crippen molar-refractivity contribution >= 4 is 12.3 Å². The van der Waals surface area contributed by atoms with Crippen LogP contribution in [0.15, 0.2) is 47.7 Å². The summed E-state index contributed by atoms with van der Waals surface area (Å²) in [7, 11) is 0. The van der Waals surface area contributed by atoms with Gasteiger partial charge < -0.3 is 21.1 Å². The van der Waals surface area contributed by atoms with E-state index in [1.54, 1.807) is 19.2 Å². The van der Waals surface area contributed by atoms with Crippen LogP contribution in [-0.4, -0.2) is 23.9 Å². The van der Waals surface area contributed by atoms with Gasteiger partial charge in [0.1, 0.15) is 24.1 Å². The number of rotatable bonds is 7. The molecule has 1 atom stereocenters. The lowest BCUT2D eigenvalue weighted by molar-refractivity contribution is -0.137. The molecule has 39 heavy (non-hydrogen) atoms. The third-order valence-corrected chi connectivity index (χ3v) is 5.99. The summed E-state index contributed by atoms with van der Waals surface area (Å²) in [5, 5.41) is 3.24. The Hall–Kier alpha value is -4.22. The number of ether oxygens (including phenoxy) is 2. The SMILES string of the molecule is CC1Cc2cnc(OCc3cc(-c4ccc(/C(N)=N/N)cc4F)c(C(F)(F)F)cc3F)cc2C1.CCOC=O. The summed E-state index contributed by atoms with van der Waals surface area (Å²) in [6.45, 7) is 4.39. The molecule has 0 aliphatic heterocycles. The number of nitrogens with two attached hydrogens (primary N) is 2. The molecule has 1 unspecified atom stereocenters. The molecule has 7 nitrogen and oxygen atoms in total. The van der Waals surface area contributed by atoms with E-state index < -0.39 is 28.9 Å². The number of hydrogen-bond acceptors (Lipinski definition) is 6. The van der Waals surface area contributed by atoms with Crippen molar-refractivity contribution in [2.45, 2.75) is 39.5 Å². The predicted octanol–water partition coefficient (Wildman–Crippen LogP) is 5.12. The number of fused-ring (bicyclic) bond motifs is 1. The van der Waals surface area contributed by atoms with Crippen LogP contribution < -0.4 is 16.3 Å². The van der Waals surface area contributed by atoms with Gasteiger partial charge in [-0.1, -0.05) is 19.1 Å². The van der Waals surface area contributed by atoms with Gasteiger partial charge in [-0.2, -0.15) is 18.3 Å². The van der Waals surface area contributed by atoms with Gasteiger partial charge in [0.25, 0.3) is 6.47 Å². The van der Waals surface area contributed by atoms with Crippen molar-refractivity contribution in [3.8, 4) is 17.0 Å². The third-order valence-electron chi connectivity index (χ3n) is 5.99. The Morgan fingerprint density at radius 3 is 2.41 bits per heavy atom. The van der Waals surface area contributed by atoms with Crippen LogP contribution in [0.5, 0.6) is 5.88 Å². The zero-order valence-corrected chi connectivity index (χ0v) is 21.2. The number of amidine groups is 1. The summed E-state index contributed by atoms with van der Waals surface area (Å²) in [6.07, 6.45) is -1.46. The van der Waals surface area contributed by atoms with Gasteiger partial charge in [0.15, 0.2) is 0 Å². The highest BCUT2D eigenvalue weighted by Gasteiger charge is 2.35. The van der Waals surface area contributed by atoms with Crippen molar-refractivity contribution in [2.75, 3.05) is 6.61 Å². The highest BCUT2D eigenvalue weighted by Crippen LogP contribution is 2.40. The second kappa shape index (κ2) is 12.5. The molecule has 3 aromatic rings. The summed E-state index contributed by atoms with van der Waals surface area (Å²) in [5.74, 6) is 3.48. The molecule has 0 saturated carbocycles. The van der Waals surface area contributed by atoms with E-state index in [2.05, 4.69) is 21.7 Å². The number of aromatic nitrogens is 1. The quantitative estimate of drug-likeness (QED) is 0.106. The minimum Gasteiger partial charge on any atom is -0.473 e. The molecular formula is C27H27F5N4O3. The molecule has 208 valence electrons. The molecule has 0 saturated heterocycles. The smallest absolute Gasteiger partial charge is 0.417 e. The minimum atomic E-state index is -4.92. The molecule has 0 spiro atoms. The van der Waals surface area contributed by atoms with Gasteiger partial charge in [-0.15, -0.1) is 0 Å². The Labute approximate surface area is 221 Å². The average Bonchev–Trinajstić information content (AvgIpc) is 3.27. The maximum Gasteiger partial charge on any atom is 0.417 e. The number of alkyl halides is 3. The van der Waals surface area contributed by atoms with Crippen molar-refractivity contribution in [3.63, 3.8) is 0 Å². The van der Waals surface area contributed by atoms with E-state index in [0.717, 1.165) is 42.2 Å². The van der Waals surface area contributed by atoms with Crippen molar-refractivity contribution in [1.29, 1.82) is 0 Å². The van der Waals surface area contributed by atoms with Crippen molar-refractivity contribution in [2.24, 2.45) is 22.6 Å². The Kier molecular flexibility index (Phi) is 9.44. The Bertz CT molecular complexity index is 1360. The van der Waals surface area contributed by atoms with Crippen molar-refractivity contribution < 1.29 is 36.2 Å². The third kappa shape index (κ3) is 7.21. The van der Waals surface area contributed by atoms with Crippen molar-refractivity contribution in [1.82, 2.24) is 4.98 Å². The monoisotopic (exact) mass is 550 g/mol. The summed E-state index contributed by atoms with van der Waals surface area (Å²) in [4.78, 5) is 13.4. The van der Waals surface area contributed by atoms with Gasteiger partial charge >= 0.3 is 6.18 Å². The normalized spacial score (nSPS) is 14.7. The first kappa shape index (κ1) is 29.3. The molecule has 4 N–H and O–H groups in total. The van der Waals surface area contributed by atoms with Crippen LogP contribution >= 0.6 is 0 Å². The maximum atomic E-state index is 14.8. The fourth-order valence-electron chi connectivity index (χ4n) is 4.15. The Morgan fingerprint density at radius 2 is 1.82 bits per heavy atom. The van der Waals surface area contributed by atoms with Crippen LogP contribution in [-0.2, 0) is 35.2 Å². The van der Waals surface area contributed by atoms with Crippen molar-refractivity contribution in [3.05, 3.63) is 82.0 Å². The van der Waals surface area contributed by atoms with E-state index in [-0.39, 0.29) is 35.0 Å². The van der Waals surface area contributed by atoms with E-state index in [9.17, 15) is 26.7 Å². The lowest BCUT2D eigenvalue weighted by atomic mass is 9.95. The average molecular weight is 551 g/mol. The van der Waals surface area contributed by atoms with Crippen LogP contribution in [0.1, 0.15) is 41.7 Å². The summed E-state index contributed by atoms with van der Waals surface area (Å²) in [6, 6.07) is 6.33. The number of hydrogen-bond donors (Lipinski definition) is 2. The Balaban J connectivity index is 0.000000771. The number of carbonyl (C=O) groups is 1. The second-order valence-electron chi connectivity index (χ2n) is 8.84. The van der Waals surface area contributed by atoms with Gasteiger partial charge in [0.05, 0.1) is 12.2 Å². The fraction of sp³-hybridized carbons (Fsp3) is 0.296. The summed E-state index contributed by atoms with van der Waals surface area (Å²) < 4.78 is 80.1. The first-order valence-electron chi connectivity index (χ1n) is 11.9. The number of halogens is 5. The summed E-state index contributed by atoms with van der Waals surface area (Å²) in [5.41, 5.74) is 5.42. The first-order chi connectivity index (χ1) is 18.5. The lowest BCUT2D eigenvalue weighted by Gasteiger charge is -2.17. The molecular weight excluding hydrogens is 523 g/mol. The fourth-order valence-corrected chi connectivity index (χ4v) is 4.15. The van der Waals surface area contributed by atoms with Crippen LogP contribution in [0.2, 0.25) is 0 Å². The molecule has 1 heterocycles. The molecule has 0 fully saturated rings. The number of benzene rings is 2. The summed E-state index contributed by atoms with van der Waals surface area (Å²) >= 11 is 0. The van der Waals surface area contributed by atoms with Gasteiger partial charge in [-0.3, -0.25) is 4.79 Å². The van der Waals surface area contributed by atoms with Gasteiger partial charge in [0, 0.05) is 29.0 Å². The maximum absolute atomic E-state index is 14.8. The largest absolute Gasteiger partial charge is 0.473 e. The Morgan fingerprint density at radius 1 is 1.10 bits per heavy atom. The predicted molar refractivity (Wildman–Crippen MR) is 135 cm³/mol. The number of hydrazone groups is 1. The van der Waals surface area contributed by atoms with Crippen LogP contribution in [0.4, 0.5) is 22.0 Å². The molecule has 0 amide bonds.